The highest BCUT2D eigenvalue weighted by Crippen LogP contribution is 2.28. The largest absolute Gasteiger partial charge is 0.493 e. The summed E-state index contributed by atoms with van der Waals surface area (Å²) in [5.41, 5.74) is 4.20. The molecule has 1 N–H and O–H groups in total. The van der Waals surface area contributed by atoms with Gasteiger partial charge in [-0.05, 0) is 53.6 Å². The van der Waals surface area contributed by atoms with E-state index < -0.39 is 5.91 Å². The Balaban J connectivity index is 1.62. The molecule has 0 spiro atoms. The summed E-state index contributed by atoms with van der Waals surface area (Å²) in [7, 11) is 1.57. The quantitative estimate of drug-likeness (QED) is 0.447. The second kappa shape index (κ2) is 9.05. The maximum atomic E-state index is 11.7. The van der Waals surface area contributed by atoms with Crippen LogP contribution in [0.15, 0.2) is 74.9 Å². The first-order valence-corrected chi connectivity index (χ1v) is 8.87. The van der Waals surface area contributed by atoms with Crippen LogP contribution in [0.5, 0.6) is 11.5 Å². The molecule has 27 heavy (non-hydrogen) atoms. The first kappa shape index (κ1) is 18.7. The van der Waals surface area contributed by atoms with Crippen LogP contribution in [-0.2, 0) is 6.61 Å². The van der Waals surface area contributed by atoms with Crippen molar-refractivity contribution >= 4 is 28.1 Å². The third kappa shape index (κ3) is 5.21. The molecule has 0 radical (unpaired) electrons. The first-order chi connectivity index (χ1) is 13.2. The summed E-state index contributed by atoms with van der Waals surface area (Å²) in [5.74, 6) is 0.977. The Bertz CT molecular complexity index is 922. The second-order valence-corrected chi connectivity index (χ2v) is 6.42. The zero-order chi connectivity index (χ0) is 19.1. The van der Waals surface area contributed by atoms with Crippen LogP contribution in [0.2, 0.25) is 0 Å². The number of methoxy groups -OCH3 is 1. The second-order valence-electron chi connectivity index (χ2n) is 5.50. The molecule has 1 aromatic heterocycles. The molecule has 1 amide bonds. The number of rotatable bonds is 7. The topological polar surface area (TPSA) is 73.1 Å². The van der Waals surface area contributed by atoms with Crippen molar-refractivity contribution in [3.63, 3.8) is 0 Å². The normalized spacial score (nSPS) is 10.7. The van der Waals surface area contributed by atoms with Gasteiger partial charge in [-0.25, -0.2) is 5.43 Å². The highest BCUT2D eigenvalue weighted by Gasteiger charge is 2.07. The number of benzene rings is 2. The van der Waals surface area contributed by atoms with Gasteiger partial charge < -0.3 is 13.9 Å². The van der Waals surface area contributed by atoms with E-state index in [1.165, 1.54) is 12.5 Å². The van der Waals surface area contributed by atoms with Gasteiger partial charge in [-0.1, -0.05) is 28.1 Å². The third-order valence-corrected chi connectivity index (χ3v) is 4.15. The molecule has 0 unspecified atom stereocenters. The average molecular weight is 429 g/mol. The van der Waals surface area contributed by atoms with Gasteiger partial charge in [-0.2, -0.15) is 5.10 Å². The Hall–Kier alpha value is -3.06. The maximum absolute atomic E-state index is 11.7. The Morgan fingerprint density at radius 1 is 1.19 bits per heavy atom. The number of amides is 1. The molecule has 0 bridgehead atoms. The Kier molecular flexibility index (Phi) is 6.27. The van der Waals surface area contributed by atoms with E-state index in [0.717, 1.165) is 15.6 Å². The van der Waals surface area contributed by atoms with Crippen molar-refractivity contribution in [2.75, 3.05) is 7.11 Å². The summed E-state index contributed by atoms with van der Waals surface area (Å²) in [5, 5.41) is 3.92. The van der Waals surface area contributed by atoms with Gasteiger partial charge in [0.2, 0.25) is 0 Å². The number of carbonyl (C=O) groups excluding carboxylic acids is 1. The standard InChI is InChI=1S/C20H17BrN2O4/c1-25-19-11-15(12-22-23-20(24)18-3-2-10-26-18)6-9-17(19)27-13-14-4-7-16(21)8-5-14/h2-12H,13H2,1H3,(H,23,24)/b22-12-. The summed E-state index contributed by atoms with van der Waals surface area (Å²) in [6.07, 6.45) is 2.94. The Labute approximate surface area is 164 Å². The number of hydrogen-bond donors (Lipinski definition) is 1. The Morgan fingerprint density at radius 3 is 2.70 bits per heavy atom. The minimum atomic E-state index is -0.419. The lowest BCUT2D eigenvalue weighted by Gasteiger charge is -2.11. The van der Waals surface area contributed by atoms with Gasteiger partial charge in [0.05, 0.1) is 19.6 Å². The number of hydrazone groups is 1. The highest BCUT2D eigenvalue weighted by molar-refractivity contribution is 9.10. The van der Waals surface area contributed by atoms with Crippen molar-refractivity contribution in [1.29, 1.82) is 0 Å². The molecule has 6 nitrogen and oxygen atoms in total. The SMILES string of the molecule is COc1cc(/C=N\NC(=O)c2ccco2)ccc1OCc1ccc(Br)cc1. The lowest BCUT2D eigenvalue weighted by Crippen LogP contribution is -2.16. The van der Waals surface area contributed by atoms with Gasteiger partial charge in [0.15, 0.2) is 17.3 Å². The van der Waals surface area contributed by atoms with Gasteiger partial charge in [0, 0.05) is 4.47 Å². The lowest BCUT2D eigenvalue weighted by molar-refractivity contribution is 0.0927. The van der Waals surface area contributed by atoms with Gasteiger partial charge in [0.25, 0.3) is 0 Å². The van der Waals surface area contributed by atoms with Crippen molar-refractivity contribution in [1.82, 2.24) is 5.43 Å². The molecule has 1 heterocycles. The lowest BCUT2D eigenvalue weighted by atomic mass is 10.2. The summed E-state index contributed by atoms with van der Waals surface area (Å²) in [6, 6.07) is 16.5. The summed E-state index contributed by atoms with van der Waals surface area (Å²) in [6.45, 7) is 0.427. The average Bonchev–Trinajstić information content (AvgIpc) is 3.23. The minimum absolute atomic E-state index is 0.196. The minimum Gasteiger partial charge on any atom is -0.493 e. The number of carbonyl (C=O) groups is 1. The van der Waals surface area contributed by atoms with E-state index in [2.05, 4.69) is 26.5 Å². The summed E-state index contributed by atoms with van der Waals surface area (Å²) < 4.78 is 17.2. The van der Waals surface area contributed by atoms with Crippen LogP contribution in [0.1, 0.15) is 21.7 Å². The van der Waals surface area contributed by atoms with Crippen molar-refractivity contribution in [2.45, 2.75) is 6.61 Å². The zero-order valence-corrected chi connectivity index (χ0v) is 16.1. The number of furan rings is 1. The van der Waals surface area contributed by atoms with E-state index >= 15 is 0 Å². The summed E-state index contributed by atoms with van der Waals surface area (Å²) >= 11 is 3.41. The number of nitrogens with one attached hydrogen (secondary N) is 1. The van der Waals surface area contributed by atoms with Crippen molar-refractivity contribution in [2.24, 2.45) is 5.10 Å². The van der Waals surface area contributed by atoms with Crippen LogP contribution in [0.25, 0.3) is 0 Å². The molecular weight excluding hydrogens is 412 g/mol. The van der Waals surface area contributed by atoms with Crippen LogP contribution in [0.3, 0.4) is 0 Å². The number of halogens is 1. The summed E-state index contributed by atoms with van der Waals surface area (Å²) in [4.78, 5) is 11.7. The van der Waals surface area contributed by atoms with E-state index in [9.17, 15) is 4.79 Å². The fraction of sp³-hybridized carbons (Fsp3) is 0.100. The molecule has 2 aromatic carbocycles. The number of hydrogen-bond acceptors (Lipinski definition) is 5. The molecule has 7 heteroatoms. The fourth-order valence-electron chi connectivity index (χ4n) is 2.25. The van der Waals surface area contributed by atoms with Crippen molar-refractivity contribution < 1.29 is 18.7 Å². The molecule has 0 saturated heterocycles. The predicted octanol–water partition coefficient (Wildman–Crippen LogP) is 4.39. The smallest absolute Gasteiger partial charge is 0.307 e. The molecular formula is C20H17BrN2O4. The van der Waals surface area contributed by atoms with Crippen LogP contribution in [-0.4, -0.2) is 19.2 Å². The van der Waals surface area contributed by atoms with E-state index in [-0.39, 0.29) is 5.76 Å². The molecule has 3 rings (SSSR count). The van der Waals surface area contributed by atoms with E-state index in [0.29, 0.717) is 18.1 Å². The third-order valence-electron chi connectivity index (χ3n) is 3.62. The first-order valence-electron chi connectivity index (χ1n) is 8.08. The van der Waals surface area contributed by atoms with Crippen molar-refractivity contribution in [3.8, 4) is 11.5 Å². The van der Waals surface area contributed by atoms with E-state index in [1.54, 1.807) is 31.4 Å². The van der Waals surface area contributed by atoms with E-state index in [4.69, 9.17) is 13.9 Å². The number of nitrogens with zero attached hydrogens (tertiary/aromatic N) is 1. The molecule has 0 aliphatic heterocycles. The molecule has 0 saturated carbocycles. The van der Waals surface area contributed by atoms with Crippen LogP contribution in [0, 0.1) is 0 Å². The number of ether oxygens (including phenoxy) is 2. The van der Waals surface area contributed by atoms with Gasteiger partial charge in [-0.3, -0.25) is 4.79 Å². The van der Waals surface area contributed by atoms with Crippen molar-refractivity contribution in [3.05, 3.63) is 82.2 Å². The zero-order valence-electron chi connectivity index (χ0n) is 14.5. The monoisotopic (exact) mass is 428 g/mol. The Morgan fingerprint density at radius 2 is 2.00 bits per heavy atom. The predicted molar refractivity (Wildman–Crippen MR) is 105 cm³/mol. The van der Waals surface area contributed by atoms with Crippen LogP contribution >= 0.6 is 15.9 Å². The van der Waals surface area contributed by atoms with Crippen LogP contribution in [0.4, 0.5) is 0 Å². The highest BCUT2D eigenvalue weighted by atomic mass is 79.9. The van der Waals surface area contributed by atoms with E-state index in [1.807, 2.05) is 30.3 Å². The molecule has 0 fully saturated rings. The molecule has 3 aromatic rings. The van der Waals surface area contributed by atoms with Crippen LogP contribution < -0.4 is 14.9 Å². The van der Waals surface area contributed by atoms with Gasteiger partial charge >= 0.3 is 5.91 Å². The maximum Gasteiger partial charge on any atom is 0.307 e. The fourth-order valence-corrected chi connectivity index (χ4v) is 2.52. The molecule has 0 atom stereocenters. The molecule has 0 aliphatic carbocycles. The van der Waals surface area contributed by atoms with Gasteiger partial charge in [0.1, 0.15) is 6.61 Å². The molecule has 0 aliphatic rings. The molecule has 138 valence electrons. The van der Waals surface area contributed by atoms with Gasteiger partial charge in [-0.15, -0.1) is 0 Å².